The fourth-order valence-electron chi connectivity index (χ4n) is 3.93. The van der Waals surface area contributed by atoms with Gasteiger partial charge in [0.05, 0.1) is 0 Å². The second-order valence-electron chi connectivity index (χ2n) is 8.14. The fourth-order valence-corrected chi connectivity index (χ4v) is 3.93. The molecule has 0 bridgehead atoms. The predicted octanol–water partition coefficient (Wildman–Crippen LogP) is 1.84. The Morgan fingerprint density at radius 3 is 2.72 bits per heavy atom. The van der Waals surface area contributed by atoms with Crippen LogP contribution in [0.4, 0.5) is 16.2 Å². The lowest BCUT2D eigenvalue weighted by Crippen LogP contribution is -2.52. The first-order valence-electron chi connectivity index (χ1n) is 10.4. The number of anilines is 2. The minimum atomic E-state index is -0.641. The second-order valence-corrected chi connectivity index (χ2v) is 8.14. The summed E-state index contributed by atoms with van der Waals surface area (Å²) in [5, 5.41) is 7.90. The van der Waals surface area contributed by atoms with E-state index in [4.69, 9.17) is 0 Å². The molecule has 166 valence electrons. The Kier molecular flexibility index (Phi) is 5.81. The van der Waals surface area contributed by atoms with Crippen LogP contribution in [0, 0.1) is 0 Å². The highest BCUT2D eigenvalue weighted by Crippen LogP contribution is 2.28. The smallest absolute Gasteiger partial charge is 0.319 e. The number of rotatable bonds is 5. The van der Waals surface area contributed by atoms with Gasteiger partial charge in [0.1, 0.15) is 6.04 Å². The number of hydrogen-bond acceptors (Lipinski definition) is 5. The molecule has 3 N–H and O–H groups in total. The molecular formula is C23H25N5O4. The third kappa shape index (κ3) is 4.41. The maximum Gasteiger partial charge on any atom is 0.319 e. The Labute approximate surface area is 185 Å². The van der Waals surface area contributed by atoms with Crippen LogP contribution in [-0.2, 0) is 22.7 Å². The van der Waals surface area contributed by atoms with Gasteiger partial charge in [-0.05, 0) is 41.8 Å². The molecule has 9 nitrogen and oxygen atoms in total. The van der Waals surface area contributed by atoms with Crippen LogP contribution in [0.1, 0.15) is 34.3 Å². The Hall–Kier alpha value is -3.88. The molecule has 2 aromatic carbocycles. The van der Waals surface area contributed by atoms with Crippen molar-refractivity contribution in [2.75, 3.05) is 24.3 Å². The fraction of sp³-hybridized carbons (Fsp3) is 0.304. The van der Waals surface area contributed by atoms with Crippen LogP contribution in [0.5, 0.6) is 0 Å². The number of amides is 5. The van der Waals surface area contributed by atoms with E-state index < -0.39 is 11.9 Å². The number of urea groups is 1. The van der Waals surface area contributed by atoms with Gasteiger partial charge in [0.15, 0.2) is 0 Å². The number of fused-ring (bicyclic) bond motifs is 1. The van der Waals surface area contributed by atoms with Gasteiger partial charge in [0.25, 0.3) is 5.91 Å². The summed E-state index contributed by atoms with van der Waals surface area (Å²) in [5.74, 6) is -0.976. The van der Waals surface area contributed by atoms with E-state index in [1.807, 2.05) is 55.4 Å². The first kappa shape index (κ1) is 21.4. The highest BCUT2D eigenvalue weighted by Gasteiger charge is 2.39. The van der Waals surface area contributed by atoms with Crippen molar-refractivity contribution in [3.8, 4) is 0 Å². The van der Waals surface area contributed by atoms with Gasteiger partial charge < -0.3 is 20.4 Å². The minimum Gasteiger partial charge on any atom is -0.378 e. The number of hydrogen-bond donors (Lipinski definition) is 3. The summed E-state index contributed by atoms with van der Waals surface area (Å²) in [5.41, 5.74) is 3.78. The van der Waals surface area contributed by atoms with Gasteiger partial charge in [-0.25, -0.2) is 4.79 Å². The normalized spacial score (nSPS) is 17.6. The van der Waals surface area contributed by atoms with Gasteiger partial charge in [0, 0.05) is 50.5 Å². The summed E-state index contributed by atoms with van der Waals surface area (Å²) >= 11 is 0. The molecule has 2 heterocycles. The van der Waals surface area contributed by atoms with Gasteiger partial charge in [0.2, 0.25) is 11.8 Å². The molecule has 5 amide bonds. The lowest BCUT2D eigenvalue weighted by Gasteiger charge is -2.29. The third-order valence-corrected chi connectivity index (χ3v) is 5.67. The van der Waals surface area contributed by atoms with Crippen molar-refractivity contribution in [3.05, 3.63) is 59.2 Å². The van der Waals surface area contributed by atoms with Crippen molar-refractivity contribution in [1.29, 1.82) is 0 Å². The highest BCUT2D eigenvalue weighted by molar-refractivity contribution is 6.05. The number of nitrogens with one attached hydrogen (secondary N) is 3. The monoisotopic (exact) mass is 435 g/mol. The SMILES string of the molecule is CN(C)c1cccc(NC(=O)NCc2ccc3c(c2)C(=O)N(C2CCC(=O)NC2=O)C3)c1. The molecule has 0 radical (unpaired) electrons. The van der Waals surface area contributed by atoms with Gasteiger partial charge in [-0.3, -0.25) is 19.7 Å². The Morgan fingerprint density at radius 1 is 1.16 bits per heavy atom. The van der Waals surface area contributed by atoms with Crippen LogP contribution in [-0.4, -0.2) is 48.8 Å². The molecule has 0 spiro atoms. The number of piperidine rings is 1. The minimum absolute atomic E-state index is 0.221. The number of nitrogens with zero attached hydrogens (tertiary/aromatic N) is 2. The van der Waals surface area contributed by atoms with Crippen LogP contribution < -0.4 is 20.9 Å². The number of carbonyl (C=O) groups is 4. The van der Waals surface area contributed by atoms with E-state index in [9.17, 15) is 19.2 Å². The van der Waals surface area contributed by atoms with E-state index >= 15 is 0 Å². The van der Waals surface area contributed by atoms with Gasteiger partial charge in [-0.15, -0.1) is 0 Å². The lowest BCUT2D eigenvalue weighted by molar-refractivity contribution is -0.136. The van der Waals surface area contributed by atoms with E-state index in [0.29, 0.717) is 24.2 Å². The first-order valence-corrected chi connectivity index (χ1v) is 10.4. The molecule has 2 aromatic rings. The van der Waals surface area contributed by atoms with E-state index in [-0.39, 0.29) is 30.8 Å². The molecule has 1 fully saturated rings. The Bertz CT molecular complexity index is 1100. The Balaban J connectivity index is 1.37. The molecule has 1 saturated heterocycles. The molecule has 0 aromatic heterocycles. The van der Waals surface area contributed by atoms with Crippen LogP contribution in [0.25, 0.3) is 0 Å². The molecule has 1 unspecified atom stereocenters. The summed E-state index contributed by atoms with van der Waals surface area (Å²) < 4.78 is 0. The van der Waals surface area contributed by atoms with Crippen LogP contribution in [0.3, 0.4) is 0 Å². The molecule has 0 aliphatic carbocycles. The molecule has 9 heteroatoms. The van der Waals surface area contributed by atoms with Crippen LogP contribution >= 0.6 is 0 Å². The van der Waals surface area contributed by atoms with Crippen molar-refractivity contribution in [2.24, 2.45) is 0 Å². The number of carbonyl (C=O) groups excluding carboxylic acids is 4. The summed E-state index contributed by atoms with van der Waals surface area (Å²) in [6.45, 7) is 0.578. The predicted molar refractivity (Wildman–Crippen MR) is 119 cm³/mol. The molecular weight excluding hydrogens is 410 g/mol. The molecule has 2 aliphatic heterocycles. The summed E-state index contributed by atoms with van der Waals surface area (Å²) in [6.07, 6.45) is 0.548. The second kappa shape index (κ2) is 8.70. The highest BCUT2D eigenvalue weighted by atomic mass is 16.2. The van der Waals surface area contributed by atoms with Gasteiger partial charge >= 0.3 is 6.03 Å². The Morgan fingerprint density at radius 2 is 1.97 bits per heavy atom. The maximum absolute atomic E-state index is 12.9. The number of imide groups is 1. The van der Waals surface area contributed by atoms with E-state index in [1.165, 1.54) is 4.90 Å². The summed E-state index contributed by atoms with van der Waals surface area (Å²) in [6, 6.07) is 11.9. The van der Waals surface area contributed by atoms with Crippen LogP contribution in [0.15, 0.2) is 42.5 Å². The summed E-state index contributed by atoms with van der Waals surface area (Å²) in [7, 11) is 3.85. The topological polar surface area (TPSA) is 111 Å². The molecule has 0 saturated carbocycles. The average Bonchev–Trinajstić information content (AvgIpc) is 3.08. The zero-order valence-corrected chi connectivity index (χ0v) is 18.0. The van der Waals surface area contributed by atoms with Crippen molar-refractivity contribution in [2.45, 2.75) is 32.0 Å². The van der Waals surface area contributed by atoms with Crippen molar-refractivity contribution >= 4 is 35.1 Å². The first-order chi connectivity index (χ1) is 15.3. The van der Waals surface area contributed by atoms with Crippen molar-refractivity contribution in [1.82, 2.24) is 15.5 Å². The largest absolute Gasteiger partial charge is 0.378 e. The third-order valence-electron chi connectivity index (χ3n) is 5.67. The molecule has 32 heavy (non-hydrogen) atoms. The molecule has 1 atom stereocenters. The number of benzene rings is 2. The quantitative estimate of drug-likeness (QED) is 0.621. The van der Waals surface area contributed by atoms with Gasteiger partial charge in [-0.1, -0.05) is 18.2 Å². The standard InChI is InChI=1S/C23H25N5O4/c1-27(2)17-5-3-4-16(11-17)25-23(32)24-12-14-6-7-15-13-28(22(31)18(15)10-14)19-8-9-20(29)26-21(19)30/h3-7,10-11,19H,8-9,12-13H2,1-2H3,(H2,24,25,32)(H,26,29,30). The van der Waals surface area contributed by atoms with E-state index in [2.05, 4.69) is 16.0 Å². The molecule has 4 rings (SSSR count). The van der Waals surface area contributed by atoms with Crippen molar-refractivity contribution < 1.29 is 19.2 Å². The lowest BCUT2D eigenvalue weighted by atomic mass is 10.0. The zero-order valence-electron chi connectivity index (χ0n) is 18.0. The van der Waals surface area contributed by atoms with E-state index in [0.717, 1.165) is 16.8 Å². The van der Waals surface area contributed by atoms with E-state index in [1.54, 1.807) is 6.07 Å². The van der Waals surface area contributed by atoms with Crippen molar-refractivity contribution in [3.63, 3.8) is 0 Å². The summed E-state index contributed by atoms with van der Waals surface area (Å²) in [4.78, 5) is 52.2. The van der Waals surface area contributed by atoms with Crippen LogP contribution in [0.2, 0.25) is 0 Å². The maximum atomic E-state index is 12.9. The average molecular weight is 435 g/mol. The molecule has 2 aliphatic rings. The van der Waals surface area contributed by atoms with Gasteiger partial charge in [-0.2, -0.15) is 0 Å². The zero-order chi connectivity index (χ0) is 22.8.